The van der Waals surface area contributed by atoms with Crippen molar-refractivity contribution in [3.63, 3.8) is 0 Å². The minimum atomic E-state index is -1.03. The minimum absolute atomic E-state index is 0.177. The first kappa shape index (κ1) is 17.6. The predicted molar refractivity (Wildman–Crippen MR) is 97.3 cm³/mol. The Labute approximate surface area is 150 Å². The molecule has 1 amide bonds. The predicted octanol–water partition coefficient (Wildman–Crippen LogP) is 4.50. The van der Waals surface area contributed by atoms with E-state index >= 15 is 0 Å². The lowest BCUT2D eigenvalue weighted by Gasteiger charge is -2.10. The van der Waals surface area contributed by atoms with Crippen LogP contribution in [0.3, 0.4) is 0 Å². The molecule has 0 aliphatic heterocycles. The Morgan fingerprint density at radius 3 is 2.56 bits per heavy atom. The van der Waals surface area contributed by atoms with E-state index in [2.05, 4.69) is 5.32 Å². The summed E-state index contributed by atoms with van der Waals surface area (Å²) in [4.78, 5) is 24.6. The molecule has 0 spiro atoms. The number of furan rings is 1. The van der Waals surface area contributed by atoms with Gasteiger partial charge in [-0.1, -0.05) is 12.8 Å². The highest BCUT2D eigenvalue weighted by Crippen LogP contribution is 2.35. The number of rotatable bonds is 6. The highest BCUT2D eigenvalue weighted by Gasteiger charge is 2.21. The fraction of sp³-hybridized carbons (Fsp3) is 0.368. The Morgan fingerprint density at radius 1 is 1.24 bits per heavy atom. The van der Waals surface area contributed by atoms with E-state index in [-0.39, 0.29) is 18.1 Å². The Bertz CT molecular complexity index is 760. The van der Waals surface area contributed by atoms with E-state index in [0.717, 1.165) is 0 Å². The maximum Gasteiger partial charge on any atom is 0.311 e. The van der Waals surface area contributed by atoms with E-state index in [1.807, 2.05) is 36.0 Å². The fourth-order valence-electron chi connectivity index (χ4n) is 3.08. The summed E-state index contributed by atoms with van der Waals surface area (Å²) in [6, 6.07) is 7.78. The smallest absolute Gasteiger partial charge is 0.311 e. The molecular formula is C19H21NO4S. The van der Waals surface area contributed by atoms with Crippen LogP contribution in [0.2, 0.25) is 0 Å². The summed E-state index contributed by atoms with van der Waals surface area (Å²) in [5, 5.41) is 12.4. The van der Waals surface area contributed by atoms with Crippen LogP contribution in [-0.4, -0.2) is 22.2 Å². The number of aliphatic carboxylic acids is 1. The highest BCUT2D eigenvalue weighted by molar-refractivity contribution is 8.00. The number of carboxylic acid groups (broad SMARTS) is 1. The van der Waals surface area contributed by atoms with Crippen molar-refractivity contribution in [2.24, 2.45) is 0 Å². The third kappa shape index (κ3) is 4.45. The van der Waals surface area contributed by atoms with Crippen LogP contribution < -0.4 is 5.32 Å². The maximum atomic E-state index is 12.5. The maximum absolute atomic E-state index is 12.5. The van der Waals surface area contributed by atoms with Gasteiger partial charge in [-0.3, -0.25) is 9.59 Å². The number of thioether (sulfide) groups is 1. The third-order valence-corrected chi connectivity index (χ3v) is 5.66. The molecule has 0 saturated heterocycles. The molecule has 132 valence electrons. The SMILES string of the molecule is Cc1coc(CC(=O)O)c1C(=O)Nc1ccc(SC2CCCC2)cc1. The molecule has 5 nitrogen and oxygen atoms in total. The average Bonchev–Trinajstić information content (AvgIpc) is 3.19. The number of anilines is 1. The van der Waals surface area contributed by atoms with Gasteiger partial charge in [0.05, 0.1) is 11.8 Å². The van der Waals surface area contributed by atoms with E-state index in [1.165, 1.54) is 36.8 Å². The minimum Gasteiger partial charge on any atom is -0.481 e. The summed E-state index contributed by atoms with van der Waals surface area (Å²) in [7, 11) is 0. The summed E-state index contributed by atoms with van der Waals surface area (Å²) in [5.74, 6) is -1.20. The number of aryl methyl sites for hydroxylation is 1. The highest BCUT2D eigenvalue weighted by atomic mass is 32.2. The average molecular weight is 359 g/mol. The third-order valence-electron chi connectivity index (χ3n) is 4.31. The lowest BCUT2D eigenvalue weighted by atomic mass is 10.1. The van der Waals surface area contributed by atoms with Crippen LogP contribution in [-0.2, 0) is 11.2 Å². The van der Waals surface area contributed by atoms with Crippen molar-refractivity contribution in [2.45, 2.75) is 49.2 Å². The molecule has 0 bridgehead atoms. The molecule has 1 aliphatic carbocycles. The second-order valence-corrected chi connectivity index (χ2v) is 7.66. The van der Waals surface area contributed by atoms with Crippen molar-refractivity contribution in [3.8, 4) is 0 Å². The summed E-state index contributed by atoms with van der Waals surface area (Å²) in [6.45, 7) is 1.73. The molecule has 0 unspecified atom stereocenters. The first-order chi connectivity index (χ1) is 12.0. The number of benzene rings is 1. The van der Waals surface area contributed by atoms with Crippen LogP contribution >= 0.6 is 11.8 Å². The summed E-state index contributed by atoms with van der Waals surface area (Å²) < 4.78 is 5.21. The van der Waals surface area contributed by atoms with Gasteiger partial charge in [-0.05, 0) is 44.0 Å². The zero-order valence-corrected chi connectivity index (χ0v) is 14.9. The zero-order valence-electron chi connectivity index (χ0n) is 14.1. The number of carbonyl (C=O) groups excluding carboxylic acids is 1. The van der Waals surface area contributed by atoms with E-state index < -0.39 is 5.97 Å². The number of carboxylic acids is 1. The number of amides is 1. The van der Waals surface area contributed by atoms with Gasteiger partial charge in [0.15, 0.2) is 0 Å². The lowest BCUT2D eigenvalue weighted by Crippen LogP contribution is -2.15. The van der Waals surface area contributed by atoms with Gasteiger partial charge in [0, 0.05) is 21.4 Å². The number of hydrogen-bond acceptors (Lipinski definition) is 4. The van der Waals surface area contributed by atoms with Crippen molar-refractivity contribution in [3.05, 3.63) is 47.4 Å². The molecule has 2 aromatic rings. The van der Waals surface area contributed by atoms with Crippen molar-refractivity contribution in [1.82, 2.24) is 0 Å². The second kappa shape index (κ2) is 7.78. The van der Waals surface area contributed by atoms with Gasteiger partial charge in [0.1, 0.15) is 12.2 Å². The van der Waals surface area contributed by atoms with E-state index in [4.69, 9.17) is 9.52 Å². The normalized spacial score (nSPS) is 14.6. The van der Waals surface area contributed by atoms with Crippen molar-refractivity contribution < 1.29 is 19.1 Å². The molecule has 6 heteroatoms. The summed E-state index contributed by atoms with van der Waals surface area (Å²) >= 11 is 1.90. The molecule has 1 fully saturated rings. The Morgan fingerprint density at radius 2 is 1.92 bits per heavy atom. The van der Waals surface area contributed by atoms with Gasteiger partial charge in [-0.25, -0.2) is 0 Å². The Kier molecular flexibility index (Phi) is 5.48. The fourth-order valence-corrected chi connectivity index (χ4v) is 4.33. The van der Waals surface area contributed by atoms with E-state index in [1.54, 1.807) is 6.92 Å². The zero-order chi connectivity index (χ0) is 17.8. The first-order valence-corrected chi connectivity index (χ1v) is 9.27. The summed E-state index contributed by atoms with van der Waals surface area (Å²) in [6.07, 6.45) is 6.27. The Hall–Kier alpha value is -2.21. The van der Waals surface area contributed by atoms with Gasteiger partial charge in [0.25, 0.3) is 5.91 Å². The molecule has 3 rings (SSSR count). The quantitative estimate of drug-likeness (QED) is 0.794. The van der Waals surface area contributed by atoms with E-state index in [9.17, 15) is 9.59 Å². The number of hydrogen-bond donors (Lipinski definition) is 2. The van der Waals surface area contributed by atoms with Crippen LogP contribution in [0.1, 0.15) is 47.4 Å². The molecule has 1 saturated carbocycles. The van der Waals surface area contributed by atoms with Crippen molar-refractivity contribution >= 4 is 29.3 Å². The number of carbonyl (C=O) groups is 2. The Balaban J connectivity index is 1.66. The van der Waals surface area contributed by atoms with Crippen LogP contribution in [0.25, 0.3) is 0 Å². The van der Waals surface area contributed by atoms with Crippen LogP contribution in [0, 0.1) is 6.92 Å². The van der Waals surface area contributed by atoms with Gasteiger partial charge >= 0.3 is 5.97 Å². The molecular weight excluding hydrogens is 338 g/mol. The van der Waals surface area contributed by atoms with Gasteiger partial charge in [-0.2, -0.15) is 0 Å². The first-order valence-electron chi connectivity index (χ1n) is 8.40. The standard InChI is InChI=1S/C19H21NO4S/c1-12-11-24-16(10-17(21)22)18(12)19(23)20-13-6-8-15(9-7-13)25-14-4-2-3-5-14/h6-9,11,14H,2-5,10H2,1H3,(H,20,23)(H,21,22). The van der Waals surface area contributed by atoms with Crippen LogP contribution in [0.4, 0.5) is 5.69 Å². The number of nitrogens with one attached hydrogen (secondary N) is 1. The largest absolute Gasteiger partial charge is 0.481 e. The molecule has 1 aromatic carbocycles. The molecule has 1 aliphatic rings. The van der Waals surface area contributed by atoms with Crippen LogP contribution in [0.5, 0.6) is 0 Å². The van der Waals surface area contributed by atoms with E-state index in [0.29, 0.717) is 22.1 Å². The van der Waals surface area contributed by atoms with Crippen molar-refractivity contribution in [1.29, 1.82) is 0 Å². The molecule has 1 heterocycles. The molecule has 0 radical (unpaired) electrons. The molecule has 1 aromatic heterocycles. The lowest BCUT2D eigenvalue weighted by molar-refractivity contribution is -0.136. The second-order valence-electron chi connectivity index (χ2n) is 6.29. The topological polar surface area (TPSA) is 79.5 Å². The van der Waals surface area contributed by atoms with Gasteiger partial charge < -0.3 is 14.8 Å². The van der Waals surface area contributed by atoms with Crippen molar-refractivity contribution in [2.75, 3.05) is 5.32 Å². The summed E-state index contributed by atoms with van der Waals surface area (Å²) in [5.41, 5.74) is 1.61. The van der Waals surface area contributed by atoms with Gasteiger partial charge in [0.2, 0.25) is 0 Å². The molecule has 25 heavy (non-hydrogen) atoms. The molecule has 0 atom stereocenters. The van der Waals surface area contributed by atoms with Crippen LogP contribution in [0.15, 0.2) is 39.8 Å². The molecule has 2 N–H and O–H groups in total. The monoisotopic (exact) mass is 359 g/mol. The van der Waals surface area contributed by atoms with Gasteiger partial charge in [-0.15, -0.1) is 11.8 Å².